The summed E-state index contributed by atoms with van der Waals surface area (Å²) in [6, 6.07) is 51.4. The number of carbonyl (C=O) groups is 8. The van der Waals surface area contributed by atoms with E-state index in [1.807, 2.05) is 57.2 Å². The maximum atomic E-state index is 13.3. The third-order valence-electron chi connectivity index (χ3n) is 16.6. The van der Waals surface area contributed by atoms with E-state index in [0.717, 1.165) is 40.5 Å². The Morgan fingerprint density at radius 1 is 0.264 bits per heavy atom. The normalized spacial score (nSPS) is 13.9. The molecule has 8 amide bonds. The van der Waals surface area contributed by atoms with E-state index in [9.17, 15) is 57.5 Å². The number of fused-ring (bicyclic) bond motifs is 6. The fraction of sp³-hybridized carbons (Fsp3) is 0.0833. The van der Waals surface area contributed by atoms with Crippen LogP contribution >= 0.6 is 0 Å². The summed E-state index contributed by atoms with van der Waals surface area (Å²) >= 11 is 0. The standard InChI is InChI=1S/C30H20N2O5.C24H16N2O4.C18H12N2O4/c1-17-3-9-21(10-4-17)37-22-11-7-20(8-12-22)32-29(35)24-14-6-19(16-26(24)30(32)36)18-5-13-23-25(15-18)28(34)31(2)27(23)33;1-13-3-7-16(8-4-13)26-23(29)18-10-6-15(12-20(18)24(26)30)14-5-9-17-19(11-14)22(28)25(2)21(17)27;1-9-3-5-10(6-4-9)20-17(23)13-7-11-12(8-14(13)18(20)24)16(22)19(2)15(11)21/h3-16H,1-2H3;3-12H,1-2H3;3-8H,1-2H3. The molecule has 91 heavy (non-hydrogen) atoms. The van der Waals surface area contributed by atoms with Crippen LogP contribution < -0.4 is 36.8 Å². The molecule has 19 nitrogen and oxygen atoms in total. The number of hydrogen-bond acceptors (Lipinski definition) is 13. The Labute approximate surface area is 515 Å². The lowest BCUT2D eigenvalue weighted by Gasteiger charge is -2.14. The highest BCUT2D eigenvalue weighted by Gasteiger charge is 2.40. The Morgan fingerprint density at radius 3 is 0.890 bits per heavy atom. The quantitative estimate of drug-likeness (QED) is 0.135. The molecule has 0 saturated carbocycles. The first-order valence-electron chi connectivity index (χ1n) is 28.4. The van der Waals surface area contributed by atoms with Crippen LogP contribution in [0.1, 0.15) is 99.6 Å². The molecule has 19 heteroatoms. The minimum atomic E-state index is -0.489. The minimum absolute atomic E-state index is 0.149. The SMILES string of the molecule is Cc1ccc(-n2c(=O)c3cc4c(=O)n(C)c(=O)c4cc3c2=O)cc1.Cc1ccc(N2C(=O)c3ccc(-c4ccc5c(c4)C(=O)N(C)C5=O)cc3C2=O)cc1.Cc1ccc(Oc2ccc(N3C(=O)c4ccc(-c5ccc6c(c5)C(=O)N(C)C6=O)cc4C3=O)cc2)cc1. The van der Waals surface area contributed by atoms with Gasteiger partial charge in [0, 0.05) is 21.1 Å². The molecule has 0 fully saturated rings. The molecule has 0 atom stereocenters. The maximum Gasteiger partial charge on any atom is 0.266 e. The predicted octanol–water partition coefficient (Wildman–Crippen LogP) is 9.92. The largest absolute Gasteiger partial charge is 0.457 e. The number of amides is 8. The van der Waals surface area contributed by atoms with Crippen molar-refractivity contribution in [3.05, 3.63) is 285 Å². The summed E-state index contributed by atoms with van der Waals surface area (Å²) in [5.41, 5.74) is 8.04. The summed E-state index contributed by atoms with van der Waals surface area (Å²) < 4.78 is 7.89. The van der Waals surface area contributed by atoms with Crippen molar-refractivity contribution >= 4 is 80.2 Å². The first-order chi connectivity index (χ1) is 43.6. The van der Waals surface area contributed by atoms with Crippen LogP contribution in [0.4, 0.5) is 11.4 Å². The summed E-state index contributed by atoms with van der Waals surface area (Å²) in [6.07, 6.45) is 0. The molecule has 9 aromatic carbocycles. The summed E-state index contributed by atoms with van der Waals surface area (Å²) in [7, 11) is 4.27. The summed E-state index contributed by atoms with van der Waals surface area (Å²) in [4.78, 5) is 155. The molecule has 0 N–H and O–H groups in total. The Bertz CT molecular complexity index is 5230. The van der Waals surface area contributed by atoms with Crippen LogP contribution in [0, 0.1) is 20.8 Å². The van der Waals surface area contributed by atoms with Gasteiger partial charge in [0.2, 0.25) is 0 Å². The second-order valence-corrected chi connectivity index (χ2v) is 22.4. The lowest BCUT2D eigenvalue weighted by molar-refractivity contribution is 0.0678. The van der Waals surface area contributed by atoms with E-state index in [-0.39, 0.29) is 62.6 Å². The molecule has 0 aliphatic carbocycles. The lowest BCUT2D eigenvalue weighted by Crippen LogP contribution is -2.29. The van der Waals surface area contributed by atoms with Gasteiger partial charge in [0.1, 0.15) is 11.5 Å². The Balaban J connectivity index is 0.000000128. The first-order valence-corrected chi connectivity index (χ1v) is 28.4. The van der Waals surface area contributed by atoms with Crippen molar-refractivity contribution in [3.63, 3.8) is 0 Å². The second-order valence-electron chi connectivity index (χ2n) is 22.4. The number of carbonyl (C=O) groups excluding carboxylic acids is 8. The highest BCUT2D eigenvalue weighted by Crippen LogP contribution is 2.37. The molecule has 11 aromatic rings. The third-order valence-corrected chi connectivity index (χ3v) is 16.6. The first kappa shape index (κ1) is 57.7. The van der Waals surface area contributed by atoms with Gasteiger partial charge < -0.3 is 4.74 Å². The average Bonchev–Trinajstić information content (AvgIpc) is 1.71. The maximum absolute atomic E-state index is 13.3. The molecular weight excluding hydrogens is 1160 g/mol. The summed E-state index contributed by atoms with van der Waals surface area (Å²) in [5, 5.41) is 0.618. The minimum Gasteiger partial charge on any atom is -0.457 e. The number of anilines is 2. The number of hydrogen-bond donors (Lipinski definition) is 0. The Hall–Kier alpha value is -12.4. The average molecular weight is 1210 g/mol. The zero-order chi connectivity index (χ0) is 64.2. The zero-order valence-corrected chi connectivity index (χ0v) is 49.3. The fourth-order valence-corrected chi connectivity index (χ4v) is 11.5. The van der Waals surface area contributed by atoms with Crippen LogP contribution in [0.2, 0.25) is 0 Å². The van der Waals surface area contributed by atoms with Crippen molar-refractivity contribution in [1.29, 1.82) is 0 Å². The van der Waals surface area contributed by atoms with Crippen molar-refractivity contribution in [2.75, 3.05) is 23.9 Å². The van der Waals surface area contributed by atoms with Gasteiger partial charge in [-0.2, -0.15) is 0 Å². The van der Waals surface area contributed by atoms with Gasteiger partial charge in [0.15, 0.2) is 0 Å². The topological polar surface area (TPSA) is 237 Å². The third kappa shape index (κ3) is 9.55. The molecule has 4 aliphatic heterocycles. The smallest absolute Gasteiger partial charge is 0.266 e. The number of nitrogens with zero attached hydrogens (tertiary/aromatic N) is 6. The number of imide groups is 4. The molecule has 15 rings (SSSR count). The van der Waals surface area contributed by atoms with Gasteiger partial charge in [0.05, 0.1) is 83.1 Å². The van der Waals surface area contributed by atoms with Crippen LogP contribution in [0.5, 0.6) is 11.5 Å². The highest BCUT2D eigenvalue weighted by atomic mass is 16.5. The number of aromatic nitrogens is 2. The molecule has 0 radical (unpaired) electrons. The van der Waals surface area contributed by atoms with E-state index < -0.39 is 34.1 Å². The van der Waals surface area contributed by atoms with Crippen molar-refractivity contribution in [3.8, 4) is 39.4 Å². The van der Waals surface area contributed by atoms with E-state index in [2.05, 4.69) is 0 Å². The van der Waals surface area contributed by atoms with Crippen LogP contribution in [0.25, 0.3) is 49.5 Å². The van der Waals surface area contributed by atoms with Crippen molar-refractivity contribution < 1.29 is 43.1 Å². The molecular formula is C72H48N6O13. The van der Waals surface area contributed by atoms with Gasteiger partial charge in [-0.1, -0.05) is 77.4 Å². The van der Waals surface area contributed by atoms with Gasteiger partial charge in [-0.15, -0.1) is 0 Å². The molecule has 0 unspecified atom stereocenters. The summed E-state index contributed by atoms with van der Waals surface area (Å²) in [5.74, 6) is -1.69. The van der Waals surface area contributed by atoms with Crippen molar-refractivity contribution in [2.24, 2.45) is 7.05 Å². The van der Waals surface area contributed by atoms with Gasteiger partial charge >= 0.3 is 0 Å². The molecule has 444 valence electrons. The summed E-state index contributed by atoms with van der Waals surface area (Å²) in [6.45, 7) is 5.84. The monoisotopic (exact) mass is 1200 g/mol. The molecule has 0 spiro atoms. The lowest BCUT2D eigenvalue weighted by atomic mass is 9.97. The van der Waals surface area contributed by atoms with Crippen LogP contribution in [-0.2, 0) is 7.05 Å². The second kappa shape index (κ2) is 21.8. The number of ether oxygens (including phenoxy) is 1. The fourth-order valence-electron chi connectivity index (χ4n) is 11.5. The van der Waals surface area contributed by atoms with E-state index in [4.69, 9.17) is 4.74 Å². The Kier molecular flexibility index (Phi) is 13.8. The van der Waals surface area contributed by atoms with Gasteiger partial charge in [-0.25, -0.2) is 14.4 Å². The zero-order valence-electron chi connectivity index (χ0n) is 49.3. The van der Waals surface area contributed by atoms with E-state index >= 15 is 0 Å². The van der Waals surface area contributed by atoms with E-state index in [1.54, 1.807) is 133 Å². The van der Waals surface area contributed by atoms with Crippen molar-refractivity contribution in [2.45, 2.75) is 20.8 Å². The number of aryl methyl sites for hydroxylation is 3. The van der Waals surface area contributed by atoms with Crippen LogP contribution in [0.15, 0.2) is 201 Å². The van der Waals surface area contributed by atoms with Crippen molar-refractivity contribution in [1.82, 2.24) is 18.9 Å². The predicted molar refractivity (Wildman–Crippen MR) is 340 cm³/mol. The van der Waals surface area contributed by atoms with Crippen LogP contribution in [-0.4, -0.2) is 80.3 Å². The molecule has 4 aliphatic rings. The van der Waals surface area contributed by atoms with Gasteiger partial charge in [-0.3, -0.25) is 71.9 Å². The van der Waals surface area contributed by atoms with Gasteiger partial charge in [0.25, 0.3) is 69.5 Å². The van der Waals surface area contributed by atoms with E-state index in [1.165, 1.54) is 38.2 Å². The van der Waals surface area contributed by atoms with Crippen LogP contribution in [0.3, 0.4) is 0 Å². The molecule has 0 bridgehead atoms. The molecule has 2 aromatic heterocycles. The highest BCUT2D eigenvalue weighted by molar-refractivity contribution is 6.36. The molecule has 6 heterocycles. The van der Waals surface area contributed by atoms with E-state index in [0.29, 0.717) is 89.8 Å². The van der Waals surface area contributed by atoms with Gasteiger partial charge in [-0.05, 0) is 164 Å². The Morgan fingerprint density at radius 2 is 0.527 bits per heavy atom. The molecule has 0 saturated heterocycles. The number of rotatable bonds is 7. The number of benzene rings is 9.